The molecule has 1 unspecified atom stereocenters. The number of hydrogen-bond acceptors (Lipinski definition) is 8. The van der Waals surface area contributed by atoms with Crippen LogP contribution in [-0.4, -0.2) is 33.5 Å². The molecule has 1 aromatic carbocycles. The molecule has 0 saturated heterocycles. The van der Waals surface area contributed by atoms with Gasteiger partial charge in [-0.3, -0.25) is 4.79 Å². The average Bonchev–Trinajstić information content (AvgIpc) is 3.58. The first-order valence-electron chi connectivity index (χ1n) is 11.6. The van der Waals surface area contributed by atoms with Gasteiger partial charge in [0.15, 0.2) is 27.7 Å². The molecule has 2 aliphatic rings. The molecule has 3 aromatic heterocycles. The first kappa shape index (κ1) is 23.3. The molecule has 37 heavy (non-hydrogen) atoms. The molecule has 0 bridgehead atoms. The monoisotopic (exact) mass is 526 g/mol. The van der Waals surface area contributed by atoms with Gasteiger partial charge in [0.25, 0.3) is 0 Å². The number of carbonyl (C=O) groups is 2. The number of rotatable bonds is 5. The number of fused-ring (bicyclic) bond motifs is 2. The van der Waals surface area contributed by atoms with Crippen molar-refractivity contribution >= 4 is 40.4 Å². The molecule has 190 valence electrons. The molecule has 0 amide bonds. The summed E-state index contributed by atoms with van der Waals surface area (Å²) in [6.07, 6.45) is 2.63. The number of ether oxygens (including phenoxy) is 2. The van der Waals surface area contributed by atoms with E-state index < -0.39 is 23.7 Å². The highest BCUT2D eigenvalue weighted by molar-refractivity contribution is 7.99. The number of halogens is 2. The lowest BCUT2D eigenvalue weighted by Crippen LogP contribution is -2.26. The van der Waals surface area contributed by atoms with Crippen LogP contribution in [0.3, 0.4) is 0 Å². The first-order valence-corrected chi connectivity index (χ1v) is 12.4. The molecule has 3 N–H and O–H groups in total. The average molecular weight is 527 g/mol. The molecule has 9 nitrogen and oxygen atoms in total. The molecule has 6 rings (SSSR count). The van der Waals surface area contributed by atoms with Gasteiger partial charge >= 0.3 is 6.16 Å². The van der Waals surface area contributed by atoms with Crippen LogP contribution < -0.4 is 10.1 Å². The van der Waals surface area contributed by atoms with Gasteiger partial charge in [-0.1, -0.05) is 0 Å². The first-order chi connectivity index (χ1) is 17.9. The highest BCUT2D eigenvalue weighted by Crippen LogP contribution is 2.49. The number of allylic oxidation sites excluding steroid dienone is 2. The Morgan fingerprint density at radius 3 is 2.92 bits per heavy atom. The van der Waals surface area contributed by atoms with E-state index in [-0.39, 0.29) is 18.3 Å². The number of carbonyl (C=O) groups excluding carboxylic acids is 2. The summed E-state index contributed by atoms with van der Waals surface area (Å²) in [5.74, 6) is -1.74. The Kier molecular flexibility index (Phi) is 5.75. The van der Waals surface area contributed by atoms with Crippen LogP contribution in [0.4, 0.5) is 19.3 Å². The summed E-state index contributed by atoms with van der Waals surface area (Å²) in [7, 11) is 0. The van der Waals surface area contributed by atoms with Crippen molar-refractivity contribution in [3.05, 3.63) is 64.7 Å². The van der Waals surface area contributed by atoms with Gasteiger partial charge in [0.2, 0.25) is 5.88 Å². The third-order valence-corrected chi connectivity index (χ3v) is 7.05. The molecule has 1 atom stereocenters. The smallest absolute Gasteiger partial charge is 0.453 e. The summed E-state index contributed by atoms with van der Waals surface area (Å²) >= 11 is 1.15. The maximum Gasteiger partial charge on any atom is 0.515 e. The van der Waals surface area contributed by atoms with Crippen molar-refractivity contribution in [2.75, 3.05) is 11.9 Å². The number of imidazole rings is 1. The minimum atomic E-state index is -0.975. The van der Waals surface area contributed by atoms with Crippen molar-refractivity contribution < 1.29 is 32.3 Å². The molecule has 1 aliphatic heterocycles. The van der Waals surface area contributed by atoms with Crippen molar-refractivity contribution in [1.29, 1.82) is 0 Å². The van der Waals surface area contributed by atoms with E-state index >= 15 is 0 Å². The van der Waals surface area contributed by atoms with Crippen LogP contribution in [0.5, 0.6) is 5.88 Å². The normalized spacial score (nSPS) is 16.9. The van der Waals surface area contributed by atoms with Crippen LogP contribution in [-0.2, 0) is 9.53 Å². The zero-order valence-corrected chi connectivity index (χ0v) is 20.3. The third-order valence-electron chi connectivity index (χ3n) is 6.24. The van der Waals surface area contributed by atoms with E-state index in [0.717, 1.165) is 29.6 Å². The van der Waals surface area contributed by atoms with Crippen LogP contribution in [0, 0.1) is 11.6 Å². The van der Waals surface area contributed by atoms with E-state index in [1.165, 1.54) is 0 Å². The predicted octanol–water partition coefficient (Wildman–Crippen LogP) is 6.01. The molecule has 0 saturated carbocycles. The van der Waals surface area contributed by atoms with Crippen molar-refractivity contribution in [2.24, 2.45) is 0 Å². The number of Topliss-reactive ketones (excluding diaryl/α,β-unsaturated/α-hetero) is 1. The largest absolute Gasteiger partial charge is 0.515 e. The van der Waals surface area contributed by atoms with Crippen molar-refractivity contribution in [1.82, 2.24) is 15.0 Å². The summed E-state index contributed by atoms with van der Waals surface area (Å²) in [5, 5.41) is 4.13. The van der Waals surface area contributed by atoms with Gasteiger partial charge in [0, 0.05) is 41.6 Å². The molecule has 0 radical (unpaired) electrons. The van der Waals surface area contributed by atoms with E-state index in [2.05, 4.69) is 20.3 Å². The van der Waals surface area contributed by atoms with E-state index in [9.17, 15) is 18.4 Å². The highest BCUT2D eigenvalue weighted by atomic mass is 32.2. The fourth-order valence-corrected chi connectivity index (χ4v) is 5.46. The SMILES string of the molecule is CCOC(=O)Oc1[nH]cc2c1NC1=C(C(=O)CCC1)C2c1ccc(Sc2nc3cc(F)c(F)cc3[nH]2)o1. The number of ketones is 1. The molecular formula is C25H20F2N4O5S. The Labute approximate surface area is 212 Å². The van der Waals surface area contributed by atoms with Gasteiger partial charge < -0.3 is 29.2 Å². The lowest BCUT2D eigenvalue weighted by Gasteiger charge is -2.31. The van der Waals surface area contributed by atoms with Gasteiger partial charge in [-0.05, 0) is 43.7 Å². The highest BCUT2D eigenvalue weighted by Gasteiger charge is 2.39. The molecule has 12 heteroatoms. The van der Waals surface area contributed by atoms with E-state index in [1.807, 2.05) is 0 Å². The Hall–Kier alpha value is -4.06. The fraction of sp³-hybridized carbons (Fsp3) is 0.240. The van der Waals surface area contributed by atoms with Crippen LogP contribution in [0.15, 0.2) is 56.4 Å². The fourth-order valence-electron chi connectivity index (χ4n) is 4.69. The number of aromatic amines is 2. The molecule has 0 spiro atoms. The van der Waals surface area contributed by atoms with Gasteiger partial charge in [-0.15, -0.1) is 0 Å². The maximum atomic E-state index is 13.6. The van der Waals surface area contributed by atoms with Crippen LogP contribution in [0.2, 0.25) is 0 Å². The Morgan fingerprint density at radius 2 is 2.08 bits per heavy atom. The van der Waals surface area contributed by atoms with Crippen molar-refractivity contribution in [2.45, 2.75) is 42.4 Å². The summed E-state index contributed by atoms with van der Waals surface area (Å²) in [6.45, 7) is 1.85. The van der Waals surface area contributed by atoms with E-state index in [1.54, 1.807) is 25.3 Å². The second-order valence-electron chi connectivity index (χ2n) is 8.54. The molecule has 0 fully saturated rings. The minimum Gasteiger partial charge on any atom is -0.453 e. The second kappa shape index (κ2) is 9.11. The lowest BCUT2D eigenvalue weighted by molar-refractivity contribution is -0.116. The Balaban J connectivity index is 1.34. The zero-order valence-electron chi connectivity index (χ0n) is 19.4. The zero-order chi connectivity index (χ0) is 25.7. The van der Waals surface area contributed by atoms with Gasteiger partial charge in [-0.25, -0.2) is 18.6 Å². The summed E-state index contributed by atoms with van der Waals surface area (Å²) < 4.78 is 43.5. The van der Waals surface area contributed by atoms with Crippen LogP contribution in [0.1, 0.15) is 43.4 Å². The number of benzene rings is 1. The predicted molar refractivity (Wildman–Crippen MR) is 129 cm³/mol. The lowest BCUT2D eigenvalue weighted by atomic mass is 9.79. The van der Waals surface area contributed by atoms with E-state index in [0.29, 0.717) is 63.1 Å². The van der Waals surface area contributed by atoms with Crippen LogP contribution in [0.25, 0.3) is 11.0 Å². The summed E-state index contributed by atoms with van der Waals surface area (Å²) in [5.41, 5.74) is 3.25. The third kappa shape index (κ3) is 4.16. The number of hydrogen-bond donors (Lipinski definition) is 3. The molecule has 4 aromatic rings. The van der Waals surface area contributed by atoms with Gasteiger partial charge in [0.05, 0.1) is 23.6 Å². The second-order valence-corrected chi connectivity index (χ2v) is 9.54. The number of nitrogens with one attached hydrogen (secondary N) is 3. The quantitative estimate of drug-likeness (QED) is 0.270. The topological polar surface area (TPSA) is 122 Å². The number of aromatic nitrogens is 3. The molecule has 4 heterocycles. The summed E-state index contributed by atoms with van der Waals surface area (Å²) in [6, 6.07) is 5.60. The standard InChI is InChI=1S/C25H20F2N4O5S/c1-2-34-25(33)36-23-22-11(10-28-23)20(21-14(29-22)4-3-5-17(21)32)18-6-7-19(35-18)37-24-30-15-8-12(26)13(27)9-16(15)31-24/h6-10,20,28-29H,2-5H2,1H3,(H,30,31). The van der Waals surface area contributed by atoms with Crippen LogP contribution >= 0.6 is 11.8 Å². The Bertz CT molecular complexity index is 1550. The van der Waals surface area contributed by atoms with Crippen molar-refractivity contribution in [3.8, 4) is 5.88 Å². The number of anilines is 1. The van der Waals surface area contributed by atoms with Gasteiger partial charge in [0.1, 0.15) is 11.4 Å². The van der Waals surface area contributed by atoms with Crippen molar-refractivity contribution in [3.63, 3.8) is 0 Å². The molecule has 1 aliphatic carbocycles. The molecular weight excluding hydrogens is 506 g/mol. The number of furan rings is 1. The number of H-pyrrole nitrogens is 2. The Morgan fingerprint density at radius 1 is 1.24 bits per heavy atom. The number of nitrogens with zero attached hydrogens (tertiary/aromatic N) is 1. The van der Waals surface area contributed by atoms with E-state index in [4.69, 9.17) is 13.9 Å². The van der Waals surface area contributed by atoms with Gasteiger partial charge in [-0.2, -0.15) is 0 Å². The maximum absolute atomic E-state index is 13.6. The summed E-state index contributed by atoms with van der Waals surface area (Å²) in [4.78, 5) is 35.1. The minimum absolute atomic E-state index is 0.0189.